The van der Waals surface area contributed by atoms with E-state index in [0.717, 1.165) is 15.7 Å². The molecule has 1 aliphatic heterocycles. The molecule has 0 unspecified atom stereocenters. The van der Waals surface area contributed by atoms with Gasteiger partial charge in [0.2, 0.25) is 10.0 Å². The van der Waals surface area contributed by atoms with E-state index in [2.05, 4.69) is 4.74 Å². The van der Waals surface area contributed by atoms with Gasteiger partial charge in [-0.1, -0.05) is 0 Å². The molecule has 0 aromatic rings. The number of sulfonamides is 1. The standard InChI is InChI=1S/C7H15N3O6S2/c1-16-7(11)6-17(12,13)9-2-4-10(5-3-9)18(8,14)15/h2-6H2,1H3,(H2,8,14,15). The highest BCUT2D eigenvalue weighted by molar-refractivity contribution is 7.89. The summed E-state index contributed by atoms with van der Waals surface area (Å²) in [6.07, 6.45) is 0. The first-order valence-corrected chi connectivity index (χ1v) is 8.10. The predicted octanol–water partition coefficient (Wildman–Crippen LogP) is -2.69. The van der Waals surface area contributed by atoms with E-state index in [4.69, 9.17) is 5.14 Å². The van der Waals surface area contributed by atoms with Gasteiger partial charge < -0.3 is 4.74 Å². The lowest BCUT2D eigenvalue weighted by Crippen LogP contribution is -2.53. The third-order valence-electron chi connectivity index (χ3n) is 2.48. The second-order valence-corrected chi connectivity index (χ2v) is 7.19. The maximum absolute atomic E-state index is 11.7. The molecule has 0 aromatic heterocycles. The van der Waals surface area contributed by atoms with Crippen molar-refractivity contribution in [1.82, 2.24) is 8.61 Å². The van der Waals surface area contributed by atoms with Crippen molar-refractivity contribution in [1.29, 1.82) is 0 Å². The van der Waals surface area contributed by atoms with E-state index in [0.29, 0.717) is 0 Å². The zero-order valence-corrected chi connectivity index (χ0v) is 11.4. The minimum absolute atomic E-state index is 0.0285. The number of esters is 1. The minimum atomic E-state index is -3.80. The molecule has 0 spiro atoms. The highest BCUT2D eigenvalue weighted by atomic mass is 32.2. The van der Waals surface area contributed by atoms with Crippen molar-refractivity contribution in [3.8, 4) is 0 Å². The molecule has 0 aliphatic carbocycles. The Morgan fingerprint density at radius 2 is 1.56 bits per heavy atom. The van der Waals surface area contributed by atoms with Gasteiger partial charge in [-0.25, -0.2) is 13.6 Å². The second-order valence-electron chi connectivity index (χ2n) is 3.68. The van der Waals surface area contributed by atoms with Gasteiger partial charge in [0.15, 0.2) is 5.75 Å². The summed E-state index contributed by atoms with van der Waals surface area (Å²) in [5, 5.41) is 4.92. The van der Waals surface area contributed by atoms with E-state index < -0.39 is 32.0 Å². The summed E-state index contributed by atoms with van der Waals surface area (Å²) in [4.78, 5) is 10.9. The molecule has 11 heteroatoms. The fraction of sp³-hybridized carbons (Fsp3) is 0.857. The molecular weight excluding hydrogens is 286 g/mol. The van der Waals surface area contributed by atoms with Crippen LogP contribution < -0.4 is 5.14 Å². The molecule has 0 aromatic carbocycles. The third kappa shape index (κ3) is 3.88. The first-order chi connectivity index (χ1) is 8.16. The Labute approximate surface area is 106 Å². The molecule has 0 radical (unpaired) electrons. The van der Waals surface area contributed by atoms with E-state index >= 15 is 0 Å². The molecular formula is C7H15N3O6S2. The van der Waals surface area contributed by atoms with E-state index in [9.17, 15) is 21.6 Å². The topological polar surface area (TPSA) is 127 Å². The normalized spacial score (nSPS) is 19.7. The van der Waals surface area contributed by atoms with Crippen molar-refractivity contribution in [2.24, 2.45) is 5.14 Å². The van der Waals surface area contributed by atoms with Crippen LogP contribution in [-0.4, -0.2) is 70.5 Å². The third-order valence-corrected chi connectivity index (χ3v) is 5.32. The Morgan fingerprint density at radius 1 is 1.11 bits per heavy atom. The summed E-state index contributed by atoms with van der Waals surface area (Å²) in [7, 11) is -6.48. The van der Waals surface area contributed by atoms with Crippen LogP contribution in [0, 0.1) is 0 Å². The molecule has 9 nitrogen and oxygen atoms in total. The molecule has 0 amide bonds. The zero-order chi connectivity index (χ0) is 14.0. The SMILES string of the molecule is COC(=O)CS(=O)(=O)N1CCN(S(N)(=O)=O)CC1. The van der Waals surface area contributed by atoms with Gasteiger partial charge in [0, 0.05) is 26.2 Å². The van der Waals surface area contributed by atoms with Crippen molar-refractivity contribution in [2.45, 2.75) is 0 Å². The van der Waals surface area contributed by atoms with Crippen molar-refractivity contribution < 1.29 is 26.4 Å². The summed E-state index contributed by atoms with van der Waals surface area (Å²) in [5.41, 5.74) is 0. The number of carbonyl (C=O) groups is 1. The van der Waals surface area contributed by atoms with Gasteiger partial charge in [0.25, 0.3) is 10.2 Å². The Hall–Kier alpha value is -0.750. The molecule has 1 aliphatic rings. The average molecular weight is 301 g/mol. The van der Waals surface area contributed by atoms with Crippen LogP contribution in [0.1, 0.15) is 0 Å². The molecule has 0 atom stereocenters. The zero-order valence-electron chi connectivity index (χ0n) is 9.77. The van der Waals surface area contributed by atoms with Gasteiger partial charge in [-0.15, -0.1) is 0 Å². The summed E-state index contributed by atoms with van der Waals surface area (Å²) >= 11 is 0. The lowest BCUT2D eigenvalue weighted by atomic mass is 10.4. The van der Waals surface area contributed by atoms with Crippen LogP contribution in [-0.2, 0) is 29.8 Å². The lowest BCUT2D eigenvalue weighted by molar-refractivity contribution is -0.137. The van der Waals surface area contributed by atoms with Gasteiger partial charge >= 0.3 is 5.97 Å². The van der Waals surface area contributed by atoms with Gasteiger partial charge in [-0.3, -0.25) is 4.79 Å². The number of nitrogens with two attached hydrogens (primary N) is 1. The molecule has 1 rings (SSSR count). The van der Waals surface area contributed by atoms with Crippen molar-refractivity contribution in [2.75, 3.05) is 39.0 Å². The first kappa shape index (κ1) is 15.3. The number of rotatable bonds is 4. The van der Waals surface area contributed by atoms with Gasteiger partial charge in [-0.05, 0) is 0 Å². The second kappa shape index (κ2) is 5.48. The molecule has 106 valence electrons. The number of methoxy groups -OCH3 is 1. The van der Waals surface area contributed by atoms with Crippen molar-refractivity contribution >= 4 is 26.2 Å². The van der Waals surface area contributed by atoms with Crippen molar-refractivity contribution in [3.63, 3.8) is 0 Å². The lowest BCUT2D eigenvalue weighted by Gasteiger charge is -2.31. The molecule has 0 saturated carbocycles. The average Bonchev–Trinajstić information content (AvgIpc) is 2.27. The van der Waals surface area contributed by atoms with Gasteiger partial charge in [-0.2, -0.15) is 17.0 Å². The number of piperazine rings is 1. The molecule has 0 bridgehead atoms. The fourth-order valence-electron chi connectivity index (χ4n) is 1.50. The fourth-order valence-corrected chi connectivity index (χ4v) is 3.49. The summed E-state index contributed by atoms with van der Waals surface area (Å²) in [5.74, 6) is -1.61. The number of hydrogen-bond acceptors (Lipinski definition) is 6. The summed E-state index contributed by atoms with van der Waals surface area (Å²) in [6.45, 7) is -0.121. The molecule has 1 heterocycles. The monoisotopic (exact) mass is 301 g/mol. The number of nitrogens with zero attached hydrogens (tertiary/aromatic N) is 2. The largest absolute Gasteiger partial charge is 0.468 e. The van der Waals surface area contributed by atoms with E-state index in [-0.39, 0.29) is 26.2 Å². The number of ether oxygens (including phenoxy) is 1. The predicted molar refractivity (Wildman–Crippen MR) is 62.1 cm³/mol. The quantitative estimate of drug-likeness (QED) is 0.563. The first-order valence-electron chi connectivity index (χ1n) is 4.99. The Bertz CT molecular complexity index is 505. The Kier molecular flexibility index (Phi) is 4.66. The highest BCUT2D eigenvalue weighted by Crippen LogP contribution is 2.09. The Morgan fingerprint density at radius 3 is 1.94 bits per heavy atom. The van der Waals surface area contributed by atoms with Gasteiger partial charge in [0.05, 0.1) is 7.11 Å². The van der Waals surface area contributed by atoms with Gasteiger partial charge in [0.1, 0.15) is 0 Å². The van der Waals surface area contributed by atoms with Crippen LogP contribution in [0.25, 0.3) is 0 Å². The molecule has 1 saturated heterocycles. The van der Waals surface area contributed by atoms with E-state index in [1.807, 2.05) is 0 Å². The summed E-state index contributed by atoms with van der Waals surface area (Å²) in [6, 6.07) is 0. The molecule has 2 N–H and O–H groups in total. The van der Waals surface area contributed by atoms with Crippen LogP contribution in [0.15, 0.2) is 0 Å². The Balaban J connectivity index is 2.65. The maximum Gasteiger partial charge on any atom is 0.322 e. The van der Waals surface area contributed by atoms with E-state index in [1.54, 1.807) is 0 Å². The van der Waals surface area contributed by atoms with Crippen LogP contribution in [0.2, 0.25) is 0 Å². The molecule has 1 fully saturated rings. The van der Waals surface area contributed by atoms with Crippen molar-refractivity contribution in [3.05, 3.63) is 0 Å². The number of hydrogen-bond donors (Lipinski definition) is 1. The van der Waals surface area contributed by atoms with Crippen LogP contribution in [0.4, 0.5) is 0 Å². The van der Waals surface area contributed by atoms with Crippen LogP contribution in [0.5, 0.6) is 0 Å². The summed E-state index contributed by atoms with van der Waals surface area (Å²) < 4.78 is 51.8. The maximum atomic E-state index is 11.7. The van der Waals surface area contributed by atoms with Crippen LogP contribution >= 0.6 is 0 Å². The smallest absolute Gasteiger partial charge is 0.322 e. The van der Waals surface area contributed by atoms with Crippen LogP contribution in [0.3, 0.4) is 0 Å². The van der Waals surface area contributed by atoms with E-state index in [1.165, 1.54) is 0 Å². The highest BCUT2D eigenvalue weighted by Gasteiger charge is 2.32. The minimum Gasteiger partial charge on any atom is -0.468 e. The molecule has 18 heavy (non-hydrogen) atoms. The number of carbonyl (C=O) groups excluding carboxylic acids is 1.